The SMILES string of the molecule is Clc1ccccc1SC[C@@H]1CO1. The summed E-state index contributed by atoms with van der Waals surface area (Å²) in [5.41, 5.74) is 0. The molecule has 0 spiro atoms. The van der Waals surface area contributed by atoms with Crippen molar-refractivity contribution < 1.29 is 4.74 Å². The summed E-state index contributed by atoms with van der Waals surface area (Å²) in [6.45, 7) is 0.914. The van der Waals surface area contributed by atoms with Crippen molar-refractivity contribution in [2.45, 2.75) is 11.0 Å². The van der Waals surface area contributed by atoms with Gasteiger partial charge in [-0.05, 0) is 12.1 Å². The van der Waals surface area contributed by atoms with Crippen LogP contribution in [0.4, 0.5) is 0 Å². The molecule has 0 N–H and O–H groups in total. The summed E-state index contributed by atoms with van der Waals surface area (Å²) in [6, 6.07) is 7.90. The van der Waals surface area contributed by atoms with Crippen LogP contribution in [0.1, 0.15) is 0 Å². The van der Waals surface area contributed by atoms with Gasteiger partial charge in [0.05, 0.1) is 17.7 Å². The summed E-state index contributed by atoms with van der Waals surface area (Å²) >= 11 is 7.73. The minimum absolute atomic E-state index is 0.464. The largest absolute Gasteiger partial charge is 0.372 e. The Kier molecular flexibility index (Phi) is 2.59. The van der Waals surface area contributed by atoms with Crippen LogP contribution in [0.15, 0.2) is 29.2 Å². The van der Waals surface area contributed by atoms with E-state index < -0.39 is 0 Å². The van der Waals surface area contributed by atoms with Crippen molar-refractivity contribution in [3.8, 4) is 0 Å². The summed E-state index contributed by atoms with van der Waals surface area (Å²) in [7, 11) is 0. The fourth-order valence-electron chi connectivity index (χ4n) is 0.909. The van der Waals surface area contributed by atoms with Gasteiger partial charge in [-0.3, -0.25) is 0 Å². The molecule has 0 saturated carbocycles. The predicted molar refractivity (Wildman–Crippen MR) is 51.9 cm³/mol. The van der Waals surface area contributed by atoms with E-state index >= 15 is 0 Å². The predicted octanol–water partition coefficient (Wildman–Crippen LogP) is 2.83. The van der Waals surface area contributed by atoms with Crippen LogP contribution in [-0.4, -0.2) is 18.5 Å². The van der Waals surface area contributed by atoms with Gasteiger partial charge in [0.2, 0.25) is 0 Å². The van der Waals surface area contributed by atoms with Gasteiger partial charge in [0.1, 0.15) is 0 Å². The number of ether oxygens (including phenoxy) is 1. The van der Waals surface area contributed by atoms with Crippen LogP contribution < -0.4 is 0 Å². The Balaban J connectivity index is 1.96. The Morgan fingerprint density at radius 2 is 2.25 bits per heavy atom. The average molecular weight is 201 g/mol. The van der Waals surface area contributed by atoms with Crippen molar-refractivity contribution in [3.63, 3.8) is 0 Å². The number of thioether (sulfide) groups is 1. The lowest BCUT2D eigenvalue weighted by molar-refractivity contribution is 0.426. The highest BCUT2D eigenvalue weighted by molar-refractivity contribution is 7.99. The van der Waals surface area contributed by atoms with Gasteiger partial charge in [0, 0.05) is 10.6 Å². The number of epoxide rings is 1. The highest BCUT2D eigenvalue weighted by atomic mass is 35.5. The van der Waals surface area contributed by atoms with Gasteiger partial charge >= 0.3 is 0 Å². The molecule has 0 aliphatic carbocycles. The first-order valence-corrected chi connectivity index (χ1v) is 5.21. The maximum Gasteiger partial charge on any atom is 0.0903 e. The Labute approximate surface area is 81.1 Å². The van der Waals surface area contributed by atoms with Gasteiger partial charge in [-0.1, -0.05) is 23.7 Å². The van der Waals surface area contributed by atoms with Crippen LogP contribution in [0.3, 0.4) is 0 Å². The number of hydrogen-bond acceptors (Lipinski definition) is 2. The molecule has 1 fully saturated rings. The van der Waals surface area contributed by atoms with E-state index in [0.717, 1.165) is 22.3 Å². The van der Waals surface area contributed by atoms with E-state index in [9.17, 15) is 0 Å². The van der Waals surface area contributed by atoms with Crippen molar-refractivity contribution in [2.75, 3.05) is 12.4 Å². The molecule has 0 amide bonds. The fraction of sp³-hybridized carbons (Fsp3) is 0.333. The quantitative estimate of drug-likeness (QED) is 0.550. The van der Waals surface area contributed by atoms with Crippen molar-refractivity contribution in [3.05, 3.63) is 29.3 Å². The van der Waals surface area contributed by atoms with Crippen LogP contribution in [0, 0.1) is 0 Å². The molecule has 64 valence electrons. The molecule has 0 radical (unpaired) electrons. The van der Waals surface area contributed by atoms with Crippen LogP contribution >= 0.6 is 23.4 Å². The van der Waals surface area contributed by atoms with Crippen LogP contribution in [0.25, 0.3) is 0 Å². The summed E-state index contributed by atoms with van der Waals surface area (Å²) in [5.74, 6) is 1.02. The Hall–Kier alpha value is -0.180. The maximum atomic E-state index is 5.97. The van der Waals surface area contributed by atoms with Crippen molar-refractivity contribution >= 4 is 23.4 Å². The average Bonchev–Trinajstić information content (AvgIpc) is 2.86. The van der Waals surface area contributed by atoms with Gasteiger partial charge in [0.25, 0.3) is 0 Å². The molecular weight excluding hydrogens is 192 g/mol. The second-order valence-corrected chi connectivity index (χ2v) is 4.17. The molecule has 1 heterocycles. The van der Waals surface area contributed by atoms with Crippen molar-refractivity contribution in [1.29, 1.82) is 0 Å². The molecule has 0 aromatic heterocycles. The van der Waals surface area contributed by atoms with E-state index in [4.69, 9.17) is 16.3 Å². The molecule has 0 unspecified atom stereocenters. The molecule has 1 saturated heterocycles. The van der Waals surface area contributed by atoms with E-state index in [-0.39, 0.29) is 0 Å². The van der Waals surface area contributed by atoms with Crippen LogP contribution in [0.2, 0.25) is 5.02 Å². The first kappa shape index (κ1) is 8.42. The van der Waals surface area contributed by atoms with E-state index in [1.807, 2.05) is 24.3 Å². The highest BCUT2D eigenvalue weighted by Crippen LogP contribution is 2.29. The standard InChI is InChI=1S/C9H9ClOS/c10-8-3-1-2-4-9(8)12-6-7-5-11-7/h1-4,7H,5-6H2/t7-/m0/s1. The Morgan fingerprint density at radius 1 is 1.50 bits per heavy atom. The molecule has 1 aromatic carbocycles. The van der Waals surface area contributed by atoms with Crippen LogP contribution in [0.5, 0.6) is 0 Å². The molecule has 3 heteroatoms. The second-order valence-electron chi connectivity index (χ2n) is 2.70. The maximum absolute atomic E-state index is 5.97. The zero-order chi connectivity index (χ0) is 8.39. The molecular formula is C9H9ClOS. The van der Waals surface area contributed by atoms with Gasteiger partial charge in [-0.15, -0.1) is 11.8 Å². The molecule has 12 heavy (non-hydrogen) atoms. The minimum Gasteiger partial charge on any atom is -0.372 e. The third-order valence-electron chi connectivity index (χ3n) is 1.66. The highest BCUT2D eigenvalue weighted by Gasteiger charge is 2.22. The number of hydrogen-bond donors (Lipinski definition) is 0. The van der Waals surface area contributed by atoms with Crippen molar-refractivity contribution in [2.24, 2.45) is 0 Å². The molecule has 1 atom stereocenters. The molecule has 2 rings (SSSR count). The second kappa shape index (κ2) is 3.69. The number of benzene rings is 1. The van der Waals surface area contributed by atoms with Gasteiger partial charge in [0.15, 0.2) is 0 Å². The Bertz CT molecular complexity index is 273. The lowest BCUT2D eigenvalue weighted by Crippen LogP contribution is -1.88. The van der Waals surface area contributed by atoms with E-state index in [1.165, 1.54) is 0 Å². The first-order chi connectivity index (χ1) is 5.86. The first-order valence-electron chi connectivity index (χ1n) is 3.85. The molecule has 1 aliphatic rings. The van der Waals surface area contributed by atoms with E-state index in [1.54, 1.807) is 11.8 Å². The smallest absolute Gasteiger partial charge is 0.0903 e. The monoisotopic (exact) mass is 200 g/mol. The van der Waals surface area contributed by atoms with E-state index in [0.29, 0.717) is 6.10 Å². The third kappa shape index (κ3) is 2.16. The number of rotatable bonds is 3. The molecule has 1 aliphatic heterocycles. The van der Waals surface area contributed by atoms with Gasteiger partial charge in [-0.2, -0.15) is 0 Å². The zero-order valence-corrected chi connectivity index (χ0v) is 8.07. The summed E-state index contributed by atoms with van der Waals surface area (Å²) in [5, 5.41) is 0.836. The molecule has 0 bridgehead atoms. The lowest BCUT2D eigenvalue weighted by atomic mass is 10.4. The molecule has 1 nitrogen and oxygen atoms in total. The lowest BCUT2D eigenvalue weighted by Gasteiger charge is -2.00. The Morgan fingerprint density at radius 3 is 2.92 bits per heavy atom. The summed E-state index contributed by atoms with van der Waals surface area (Å²) in [4.78, 5) is 1.15. The third-order valence-corrected chi connectivity index (χ3v) is 3.31. The normalized spacial score (nSPS) is 20.9. The van der Waals surface area contributed by atoms with Gasteiger partial charge < -0.3 is 4.74 Å². The number of halogens is 1. The minimum atomic E-state index is 0.464. The summed E-state index contributed by atoms with van der Waals surface area (Å²) in [6.07, 6.45) is 0.464. The van der Waals surface area contributed by atoms with Crippen LogP contribution in [-0.2, 0) is 4.74 Å². The summed E-state index contributed by atoms with van der Waals surface area (Å²) < 4.78 is 5.11. The topological polar surface area (TPSA) is 12.5 Å². The fourth-order valence-corrected chi connectivity index (χ4v) is 2.15. The molecule has 1 aromatic rings. The van der Waals surface area contributed by atoms with Crippen molar-refractivity contribution in [1.82, 2.24) is 0 Å². The zero-order valence-electron chi connectivity index (χ0n) is 6.50. The van der Waals surface area contributed by atoms with Gasteiger partial charge in [-0.25, -0.2) is 0 Å². The van der Waals surface area contributed by atoms with E-state index in [2.05, 4.69) is 0 Å².